The molecule has 0 amide bonds. The van der Waals surface area contributed by atoms with Gasteiger partial charge in [-0.15, -0.1) is 0 Å². The molecule has 2 aromatic rings. The molecule has 1 saturated carbocycles. The molecule has 4 atom stereocenters. The van der Waals surface area contributed by atoms with Crippen molar-refractivity contribution in [3.05, 3.63) is 71.8 Å². The molecule has 3 rings (SSSR count). The highest BCUT2D eigenvalue weighted by molar-refractivity contribution is 5.67. The van der Waals surface area contributed by atoms with Crippen LogP contribution in [-0.4, -0.2) is 43.8 Å². The van der Waals surface area contributed by atoms with Gasteiger partial charge in [0, 0.05) is 25.6 Å². The fourth-order valence-corrected chi connectivity index (χ4v) is 4.81. The molecule has 0 heterocycles. The summed E-state index contributed by atoms with van der Waals surface area (Å²) < 4.78 is 23.9. The first kappa shape index (κ1) is 25.4. The van der Waals surface area contributed by atoms with Gasteiger partial charge in [0.1, 0.15) is 0 Å². The second kappa shape index (κ2) is 13.5. The molecule has 1 aliphatic carbocycles. The van der Waals surface area contributed by atoms with Crippen molar-refractivity contribution in [1.29, 1.82) is 0 Å². The maximum absolute atomic E-state index is 11.7. The summed E-state index contributed by atoms with van der Waals surface area (Å²) >= 11 is 0. The van der Waals surface area contributed by atoms with Gasteiger partial charge in [0.05, 0.1) is 26.4 Å². The summed E-state index contributed by atoms with van der Waals surface area (Å²) in [5.74, 6) is -0.798. The Labute approximate surface area is 196 Å². The zero-order valence-electron chi connectivity index (χ0n) is 19.6. The van der Waals surface area contributed by atoms with Gasteiger partial charge in [0.2, 0.25) is 0 Å². The summed E-state index contributed by atoms with van der Waals surface area (Å²) in [6.07, 6.45) is -0.379. The normalized spacial score (nSPS) is 22.3. The van der Waals surface area contributed by atoms with Crippen molar-refractivity contribution in [2.45, 2.75) is 39.8 Å². The Kier molecular flexibility index (Phi) is 10.3. The van der Waals surface area contributed by atoms with Crippen molar-refractivity contribution in [2.24, 2.45) is 23.7 Å². The SMILES string of the molecule is CCOC(OCC)[C@@H]1[C@H](COCc2ccccc2)[C@@H](COCc2ccccc2)[C@H]1CC(=O)O. The number of aliphatic carboxylic acids is 1. The van der Waals surface area contributed by atoms with Gasteiger partial charge in [-0.05, 0) is 42.7 Å². The Morgan fingerprint density at radius 3 is 1.73 bits per heavy atom. The highest BCUT2D eigenvalue weighted by atomic mass is 16.7. The van der Waals surface area contributed by atoms with Crippen LogP contribution < -0.4 is 0 Å². The lowest BCUT2D eigenvalue weighted by Gasteiger charge is -2.53. The van der Waals surface area contributed by atoms with Gasteiger partial charge in [0.25, 0.3) is 0 Å². The molecule has 33 heavy (non-hydrogen) atoms. The lowest BCUT2D eigenvalue weighted by molar-refractivity contribution is -0.249. The summed E-state index contributed by atoms with van der Waals surface area (Å²) in [4.78, 5) is 11.7. The van der Waals surface area contributed by atoms with E-state index in [9.17, 15) is 9.90 Å². The van der Waals surface area contributed by atoms with Crippen LogP contribution in [0.4, 0.5) is 0 Å². The number of carboxylic acids is 1. The van der Waals surface area contributed by atoms with E-state index < -0.39 is 12.3 Å². The van der Waals surface area contributed by atoms with Crippen LogP contribution in [0.1, 0.15) is 31.4 Å². The zero-order chi connectivity index (χ0) is 23.5. The molecule has 0 spiro atoms. The van der Waals surface area contributed by atoms with Gasteiger partial charge in [-0.2, -0.15) is 0 Å². The Bertz CT molecular complexity index is 806. The highest BCUT2D eigenvalue weighted by Gasteiger charge is 2.54. The van der Waals surface area contributed by atoms with E-state index in [2.05, 4.69) is 0 Å². The molecule has 2 aromatic carbocycles. The fraction of sp³-hybridized carbons (Fsp3) is 0.519. The lowest BCUT2D eigenvalue weighted by atomic mass is 9.55. The minimum absolute atomic E-state index is 0.0536. The van der Waals surface area contributed by atoms with E-state index in [1.54, 1.807) is 0 Å². The maximum Gasteiger partial charge on any atom is 0.303 e. The van der Waals surface area contributed by atoms with Crippen molar-refractivity contribution in [2.75, 3.05) is 26.4 Å². The van der Waals surface area contributed by atoms with E-state index >= 15 is 0 Å². The van der Waals surface area contributed by atoms with Crippen molar-refractivity contribution in [1.82, 2.24) is 0 Å². The fourth-order valence-electron chi connectivity index (χ4n) is 4.81. The number of carbonyl (C=O) groups is 1. The number of carboxylic acid groups (broad SMARTS) is 1. The van der Waals surface area contributed by atoms with Crippen LogP contribution in [0.5, 0.6) is 0 Å². The van der Waals surface area contributed by atoms with Gasteiger partial charge in [-0.3, -0.25) is 4.79 Å². The van der Waals surface area contributed by atoms with Crippen LogP contribution in [0.3, 0.4) is 0 Å². The third kappa shape index (κ3) is 7.37. The second-order valence-electron chi connectivity index (χ2n) is 8.45. The van der Waals surface area contributed by atoms with E-state index in [0.29, 0.717) is 39.6 Å². The Balaban J connectivity index is 1.69. The first-order chi connectivity index (χ1) is 16.1. The lowest BCUT2D eigenvalue weighted by Crippen LogP contribution is -2.57. The number of ether oxygens (including phenoxy) is 4. The molecule has 0 aliphatic heterocycles. The van der Waals surface area contributed by atoms with E-state index in [1.807, 2.05) is 74.5 Å². The van der Waals surface area contributed by atoms with Crippen molar-refractivity contribution in [3.63, 3.8) is 0 Å². The maximum atomic E-state index is 11.7. The Morgan fingerprint density at radius 2 is 1.27 bits per heavy atom. The molecule has 1 fully saturated rings. The van der Waals surface area contributed by atoms with Crippen LogP contribution in [0, 0.1) is 23.7 Å². The van der Waals surface area contributed by atoms with E-state index in [0.717, 1.165) is 11.1 Å². The highest BCUT2D eigenvalue weighted by Crippen LogP contribution is 2.51. The Morgan fingerprint density at radius 1 is 0.788 bits per heavy atom. The molecule has 0 aromatic heterocycles. The monoisotopic (exact) mass is 456 g/mol. The minimum Gasteiger partial charge on any atom is -0.481 e. The van der Waals surface area contributed by atoms with Crippen LogP contribution in [0.25, 0.3) is 0 Å². The van der Waals surface area contributed by atoms with Gasteiger partial charge in [-0.1, -0.05) is 60.7 Å². The molecule has 0 saturated heterocycles. The van der Waals surface area contributed by atoms with Crippen LogP contribution >= 0.6 is 0 Å². The zero-order valence-corrected chi connectivity index (χ0v) is 19.6. The summed E-state index contributed by atoms with van der Waals surface area (Å²) in [6, 6.07) is 20.0. The summed E-state index contributed by atoms with van der Waals surface area (Å²) in [5.41, 5.74) is 2.21. The van der Waals surface area contributed by atoms with E-state index in [4.69, 9.17) is 18.9 Å². The number of hydrogen-bond donors (Lipinski definition) is 1. The summed E-state index contributed by atoms with van der Waals surface area (Å²) in [6.45, 7) is 6.87. The molecular formula is C27H36O6. The second-order valence-corrected chi connectivity index (χ2v) is 8.45. The topological polar surface area (TPSA) is 74.2 Å². The van der Waals surface area contributed by atoms with Crippen LogP contribution in [-0.2, 0) is 37.0 Å². The van der Waals surface area contributed by atoms with Crippen LogP contribution in [0.2, 0.25) is 0 Å². The minimum atomic E-state index is -0.812. The average Bonchev–Trinajstić information content (AvgIpc) is 2.82. The molecule has 6 nitrogen and oxygen atoms in total. The van der Waals surface area contributed by atoms with Crippen molar-refractivity contribution in [3.8, 4) is 0 Å². The van der Waals surface area contributed by atoms with Gasteiger partial charge in [-0.25, -0.2) is 0 Å². The van der Waals surface area contributed by atoms with Crippen LogP contribution in [0.15, 0.2) is 60.7 Å². The van der Waals surface area contributed by atoms with Gasteiger partial charge < -0.3 is 24.1 Å². The summed E-state index contributed by atoms with van der Waals surface area (Å²) in [7, 11) is 0. The number of benzene rings is 2. The third-order valence-electron chi connectivity index (χ3n) is 6.32. The standard InChI is InChI=1S/C27H36O6/c1-3-32-27(33-4-2)26-22(15-25(28)29)23(18-30-16-20-11-7-5-8-12-20)24(26)19-31-17-21-13-9-6-10-14-21/h5-14,22-24,26-27H,3-4,15-19H2,1-2H3,(H,28,29)/t22-,23+,24-,26+/m1/s1. The van der Waals surface area contributed by atoms with Crippen molar-refractivity contribution < 1.29 is 28.8 Å². The Hall–Kier alpha value is -2.25. The van der Waals surface area contributed by atoms with Gasteiger partial charge >= 0.3 is 5.97 Å². The van der Waals surface area contributed by atoms with Crippen molar-refractivity contribution >= 4 is 5.97 Å². The molecule has 0 bridgehead atoms. The predicted octanol–water partition coefficient (Wildman–Crippen LogP) is 4.77. The quantitative estimate of drug-likeness (QED) is 0.389. The van der Waals surface area contributed by atoms with E-state index in [1.165, 1.54) is 0 Å². The smallest absolute Gasteiger partial charge is 0.303 e. The molecule has 0 radical (unpaired) electrons. The predicted molar refractivity (Wildman–Crippen MR) is 125 cm³/mol. The molecule has 1 N–H and O–H groups in total. The largest absolute Gasteiger partial charge is 0.481 e. The molecule has 0 unspecified atom stereocenters. The molecule has 6 heteroatoms. The third-order valence-corrected chi connectivity index (χ3v) is 6.32. The molecular weight excluding hydrogens is 420 g/mol. The number of hydrogen-bond acceptors (Lipinski definition) is 5. The molecule has 1 aliphatic rings. The molecule has 180 valence electrons. The first-order valence-corrected chi connectivity index (χ1v) is 11.8. The van der Waals surface area contributed by atoms with Gasteiger partial charge in [0.15, 0.2) is 6.29 Å². The average molecular weight is 457 g/mol. The van der Waals surface area contributed by atoms with E-state index in [-0.39, 0.29) is 30.1 Å². The first-order valence-electron chi connectivity index (χ1n) is 11.8. The number of rotatable bonds is 15. The summed E-state index contributed by atoms with van der Waals surface area (Å²) in [5, 5.41) is 9.59.